The molecule has 3 heteroatoms. The maximum atomic E-state index is 5.35. The second kappa shape index (κ2) is 6.69. The highest BCUT2D eigenvalue weighted by molar-refractivity contribution is 5.55. The van der Waals surface area contributed by atoms with Crippen LogP contribution in [0.25, 0.3) is 0 Å². The number of rotatable bonds is 5. The summed E-state index contributed by atoms with van der Waals surface area (Å²) in [6.45, 7) is 2.29. The molecular weight excluding hydrogens is 238 g/mol. The van der Waals surface area contributed by atoms with E-state index in [1.165, 1.54) is 32.1 Å². The lowest BCUT2D eigenvalue weighted by molar-refractivity contribution is 0.317. The Balaban J connectivity index is 2.09. The first-order valence-electron chi connectivity index (χ1n) is 7.27. The van der Waals surface area contributed by atoms with Crippen molar-refractivity contribution in [3.8, 4) is 11.5 Å². The first-order valence-corrected chi connectivity index (χ1v) is 7.27. The zero-order valence-electron chi connectivity index (χ0n) is 12.2. The molecule has 0 bridgehead atoms. The van der Waals surface area contributed by atoms with E-state index in [2.05, 4.69) is 18.3 Å². The van der Waals surface area contributed by atoms with Gasteiger partial charge >= 0.3 is 0 Å². The Labute approximate surface area is 116 Å². The van der Waals surface area contributed by atoms with Crippen LogP contribution >= 0.6 is 0 Å². The van der Waals surface area contributed by atoms with Gasteiger partial charge in [0.2, 0.25) is 0 Å². The van der Waals surface area contributed by atoms with Gasteiger partial charge in [0, 0.05) is 17.8 Å². The number of nitrogens with one attached hydrogen (secondary N) is 1. The van der Waals surface area contributed by atoms with Gasteiger partial charge in [-0.2, -0.15) is 0 Å². The van der Waals surface area contributed by atoms with Crippen LogP contribution in [0.3, 0.4) is 0 Å². The summed E-state index contributed by atoms with van der Waals surface area (Å²) in [6, 6.07) is 6.66. The van der Waals surface area contributed by atoms with Gasteiger partial charge in [0.15, 0.2) is 11.5 Å². The van der Waals surface area contributed by atoms with Gasteiger partial charge in [-0.05, 0) is 30.9 Å². The summed E-state index contributed by atoms with van der Waals surface area (Å²) in [5.41, 5.74) is 1.13. The molecule has 0 amide bonds. The third-order valence-electron chi connectivity index (χ3n) is 4.17. The molecule has 3 nitrogen and oxygen atoms in total. The van der Waals surface area contributed by atoms with E-state index in [4.69, 9.17) is 9.47 Å². The van der Waals surface area contributed by atoms with Crippen LogP contribution < -0.4 is 14.8 Å². The molecule has 0 radical (unpaired) electrons. The van der Waals surface area contributed by atoms with Crippen LogP contribution in [0.2, 0.25) is 0 Å². The lowest BCUT2D eigenvalue weighted by Crippen LogP contribution is -2.31. The van der Waals surface area contributed by atoms with Crippen LogP contribution in [0.1, 0.15) is 39.0 Å². The van der Waals surface area contributed by atoms with Crippen LogP contribution in [0, 0.1) is 5.92 Å². The largest absolute Gasteiger partial charge is 0.493 e. The Kier molecular flexibility index (Phi) is 4.94. The second-order valence-electron chi connectivity index (χ2n) is 5.27. The first-order chi connectivity index (χ1) is 9.28. The second-order valence-corrected chi connectivity index (χ2v) is 5.27. The van der Waals surface area contributed by atoms with Crippen molar-refractivity contribution in [3.05, 3.63) is 18.2 Å². The van der Waals surface area contributed by atoms with Crippen LogP contribution in [0.15, 0.2) is 18.2 Å². The smallest absolute Gasteiger partial charge is 0.162 e. The van der Waals surface area contributed by atoms with Gasteiger partial charge in [0.25, 0.3) is 0 Å². The normalized spacial score (nSPS) is 22.9. The molecule has 0 spiro atoms. The van der Waals surface area contributed by atoms with Gasteiger partial charge in [0.05, 0.1) is 14.2 Å². The van der Waals surface area contributed by atoms with E-state index in [0.29, 0.717) is 6.04 Å². The summed E-state index contributed by atoms with van der Waals surface area (Å²) in [4.78, 5) is 0. The molecular formula is C16H25NO2. The van der Waals surface area contributed by atoms with E-state index >= 15 is 0 Å². The summed E-state index contributed by atoms with van der Waals surface area (Å²) < 4.78 is 10.6. The highest BCUT2D eigenvalue weighted by Gasteiger charge is 2.23. The third-order valence-corrected chi connectivity index (χ3v) is 4.17. The molecule has 0 aromatic heterocycles. The number of hydrogen-bond donors (Lipinski definition) is 1. The number of methoxy groups -OCH3 is 2. The van der Waals surface area contributed by atoms with Gasteiger partial charge in [0.1, 0.15) is 0 Å². The van der Waals surface area contributed by atoms with Crippen molar-refractivity contribution in [1.29, 1.82) is 0 Å². The molecule has 19 heavy (non-hydrogen) atoms. The Hall–Kier alpha value is -1.38. The maximum Gasteiger partial charge on any atom is 0.162 e. The van der Waals surface area contributed by atoms with Crippen LogP contribution in [-0.4, -0.2) is 20.3 Å². The van der Waals surface area contributed by atoms with Gasteiger partial charge < -0.3 is 14.8 Å². The van der Waals surface area contributed by atoms with Crippen LogP contribution in [0.5, 0.6) is 11.5 Å². The molecule has 2 unspecified atom stereocenters. The molecule has 1 saturated carbocycles. The Morgan fingerprint density at radius 3 is 2.53 bits per heavy atom. The van der Waals surface area contributed by atoms with E-state index in [1.807, 2.05) is 12.1 Å². The zero-order chi connectivity index (χ0) is 13.7. The van der Waals surface area contributed by atoms with Crippen LogP contribution in [-0.2, 0) is 0 Å². The molecule has 1 aromatic rings. The number of benzene rings is 1. The lowest BCUT2D eigenvalue weighted by Gasteiger charge is -2.32. The molecule has 1 N–H and O–H groups in total. The van der Waals surface area contributed by atoms with Gasteiger partial charge in [-0.3, -0.25) is 0 Å². The summed E-state index contributed by atoms with van der Waals surface area (Å²) in [5.74, 6) is 2.36. The van der Waals surface area contributed by atoms with Crippen molar-refractivity contribution in [2.24, 2.45) is 5.92 Å². The van der Waals surface area contributed by atoms with E-state index in [0.717, 1.165) is 23.1 Å². The molecule has 0 heterocycles. The molecule has 2 atom stereocenters. The molecule has 1 aliphatic carbocycles. The SMILES string of the molecule is CCC1CCCCC1Nc1ccc(OC)c(OC)c1. The Morgan fingerprint density at radius 1 is 1.11 bits per heavy atom. The van der Waals surface area contributed by atoms with E-state index in [9.17, 15) is 0 Å². The average molecular weight is 263 g/mol. The molecule has 0 saturated heterocycles. The average Bonchev–Trinajstić information content (AvgIpc) is 2.47. The lowest BCUT2D eigenvalue weighted by atomic mass is 9.83. The van der Waals surface area contributed by atoms with Crippen molar-refractivity contribution in [2.45, 2.75) is 45.1 Å². The standard InChI is InChI=1S/C16H25NO2/c1-4-12-7-5-6-8-14(12)17-13-9-10-15(18-2)16(11-13)19-3/h9-12,14,17H,4-8H2,1-3H3. The van der Waals surface area contributed by atoms with Crippen molar-refractivity contribution in [3.63, 3.8) is 0 Å². The van der Waals surface area contributed by atoms with E-state index in [-0.39, 0.29) is 0 Å². The number of anilines is 1. The third kappa shape index (κ3) is 3.34. The quantitative estimate of drug-likeness (QED) is 0.868. The van der Waals surface area contributed by atoms with Gasteiger partial charge in [-0.15, -0.1) is 0 Å². The molecule has 2 rings (SSSR count). The van der Waals surface area contributed by atoms with Gasteiger partial charge in [-0.25, -0.2) is 0 Å². The fraction of sp³-hybridized carbons (Fsp3) is 0.625. The Bertz CT molecular complexity index is 406. The minimum Gasteiger partial charge on any atom is -0.493 e. The molecule has 1 aliphatic rings. The fourth-order valence-corrected chi connectivity index (χ4v) is 3.03. The van der Waals surface area contributed by atoms with Crippen molar-refractivity contribution in [2.75, 3.05) is 19.5 Å². The topological polar surface area (TPSA) is 30.5 Å². The Morgan fingerprint density at radius 2 is 1.84 bits per heavy atom. The molecule has 106 valence electrons. The summed E-state index contributed by atoms with van der Waals surface area (Å²) in [5, 5.41) is 3.67. The fourth-order valence-electron chi connectivity index (χ4n) is 3.03. The first kappa shape index (κ1) is 14.0. The minimum absolute atomic E-state index is 0.594. The van der Waals surface area contributed by atoms with E-state index < -0.39 is 0 Å². The number of ether oxygens (including phenoxy) is 2. The predicted octanol–water partition coefficient (Wildman–Crippen LogP) is 4.08. The molecule has 0 aliphatic heterocycles. The summed E-state index contributed by atoms with van der Waals surface area (Å²) in [6.07, 6.45) is 6.59. The van der Waals surface area contributed by atoms with Gasteiger partial charge in [-0.1, -0.05) is 26.2 Å². The molecule has 1 fully saturated rings. The van der Waals surface area contributed by atoms with Crippen molar-refractivity contribution >= 4 is 5.69 Å². The summed E-state index contributed by atoms with van der Waals surface area (Å²) >= 11 is 0. The highest BCUT2D eigenvalue weighted by atomic mass is 16.5. The monoisotopic (exact) mass is 263 g/mol. The van der Waals surface area contributed by atoms with E-state index in [1.54, 1.807) is 14.2 Å². The summed E-state index contributed by atoms with van der Waals surface area (Å²) in [7, 11) is 3.34. The van der Waals surface area contributed by atoms with Crippen molar-refractivity contribution < 1.29 is 9.47 Å². The highest BCUT2D eigenvalue weighted by Crippen LogP contribution is 2.33. The zero-order valence-corrected chi connectivity index (χ0v) is 12.2. The van der Waals surface area contributed by atoms with Crippen molar-refractivity contribution in [1.82, 2.24) is 0 Å². The maximum absolute atomic E-state index is 5.35. The minimum atomic E-state index is 0.594. The predicted molar refractivity (Wildman–Crippen MR) is 79.2 cm³/mol. The molecule has 1 aromatic carbocycles. The van der Waals surface area contributed by atoms with Crippen LogP contribution in [0.4, 0.5) is 5.69 Å². The number of hydrogen-bond acceptors (Lipinski definition) is 3.